The van der Waals surface area contributed by atoms with Gasteiger partial charge in [-0.15, -0.1) is 0 Å². The number of hydrogen-bond donors (Lipinski definition) is 0. The molecular weight excluding hydrogens is 384 g/mol. The van der Waals surface area contributed by atoms with Gasteiger partial charge in [-0.1, -0.05) is 0 Å². The van der Waals surface area contributed by atoms with Crippen LogP contribution in [0.1, 0.15) is 53.4 Å². The lowest BCUT2D eigenvalue weighted by atomic mass is 9.96. The lowest BCUT2D eigenvalue weighted by Gasteiger charge is -2.33. The van der Waals surface area contributed by atoms with Crippen molar-refractivity contribution in [1.82, 2.24) is 9.97 Å². The lowest BCUT2D eigenvalue weighted by molar-refractivity contribution is -0.160. The molecule has 30 heavy (non-hydrogen) atoms. The summed E-state index contributed by atoms with van der Waals surface area (Å²) in [7, 11) is 0. The van der Waals surface area contributed by atoms with E-state index in [-0.39, 0.29) is 23.8 Å². The number of ether oxygens (including phenoxy) is 2. The van der Waals surface area contributed by atoms with Crippen LogP contribution in [0.2, 0.25) is 0 Å². The molecule has 8 nitrogen and oxygen atoms in total. The topological polar surface area (TPSA) is 84.9 Å². The first-order chi connectivity index (χ1) is 14.3. The molecule has 0 N–H and O–H groups in total. The number of carbonyl (C=O) groups is 2. The Morgan fingerprint density at radius 3 is 1.93 bits per heavy atom. The number of esters is 2. The van der Waals surface area contributed by atoms with Crippen LogP contribution >= 0.6 is 0 Å². The maximum absolute atomic E-state index is 12.3. The van der Waals surface area contributed by atoms with Crippen molar-refractivity contribution in [3.05, 3.63) is 12.4 Å². The normalized spacial score (nSPS) is 18.9. The second kappa shape index (κ2) is 9.62. The molecule has 1 aromatic rings. The van der Waals surface area contributed by atoms with E-state index in [1.165, 1.54) is 0 Å². The molecule has 0 spiro atoms. The third-order valence-corrected chi connectivity index (χ3v) is 5.62. The predicted molar refractivity (Wildman–Crippen MR) is 114 cm³/mol. The predicted octanol–water partition coefficient (Wildman–Crippen LogP) is 2.81. The lowest BCUT2D eigenvalue weighted by Crippen LogP contribution is -2.39. The zero-order valence-electron chi connectivity index (χ0n) is 18.6. The Hall–Kier alpha value is -2.38. The second-order valence-electron chi connectivity index (χ2n) is 9.05. The van der Waals surface area contributed by atoms with Gasteiger partial charge in [-0.05, 0) is 53.4 Å². The molecule has 2 saturated heterocycles. The summed E-state index contributed by atoms with van der Waals surface area (Å²) in [5, 5.41) is 0. The SMILES string of the molecule is CCOC(=O)C1CCN(c2cnc(N3CCC(C(=O)OC(C)(C)C)CC3)nc2)CC1. The Bertz CT molecular complexity index is 716. The van der Waals surface area contributed by atoms with Crippen LogP contribution in [0.15, 0.2) is 12.4 Å². The van der Waals surface area contributed by atoms with E-state index in [4.69, 9.17) is 9.47 Å². The Labute approximate surface area is 178 Å². The van der Waals surface area contributed by atoms with Crippen LogP contribution in [0.25, 0.3) is 0 Å². The van der Waals surface area contributed by atoms with Gasteiger partial charge in [-0.2, -0.15) is 0 Å². The Kier molecular flexibility index (Phi) is 7.15. The van der Waals surface area contributed by atoms with E-state index in [9.17, 15) is 9.59 Å². The van der Waals surface area contributed by atoms with E-state index in [1.54, 1.807) is 0 Å². The van der Waals surface area contributed by atoms with Crippen LogP contribution in [0.5, 0.6) is 0 Å². The van der Waals surface area contributed by atoms with E-state index < -0.39 is 5.60 Å². The maximum atomic E-state index is 12.3. The molecule has 3 rings (SSSR count). The molecule has 3 heterocycles. The number of hydrogen-bond acceptors (Lipinski definition) is 8. The first kappa shape index (κ1) is 22.3. The average Bonchev–Trinajstić information content (AvgIpc) is 2.73. The molecule has 0 amide bonds. The van der Waals surface area contributed by atoms with Gasteiger partial charge >= 0.3 is 11.9 Å². The van der Waals surface area contributed by atoms with Crippen LogP contribution in [0.4, 0.5) is 11.6 Å². The number of anilines is 2. The maximum Gasteiger partial charge on any atom is 0.309 e. The summed E-state index contributed by atoms with van der Waals surface area (Å²) in [6.45, 7) is 11.1. The smallest absolute Gasteiger partial charge is 0.309 e. The van der Waals surface area contributed by atoms with Crippen LogP contribution in [0, 0.1) is 11.8 Å². The van der Waals surface area contributed by atoms with Crippen molar-refractivity contribution in [1.29, 1.82) is 0 Å². The highest BCUT2D eigenvalue weighted by Crippen LogP contribution is 2.26. The van der Waals surface area contributed by atoms with Gasteiger partial charge in [0.15, 0.2) is 0 Å². The van der Waals surface area contributed by atoms with Crippen molar-refractivity contribution in [2.24, 2.45) is 11.8 Å². The monoisotopic (exact) mass is 418 g/mol. The molecule has 1 aromatic heterocycles. The van der Waals surface area contributed by atoms with Crippen molar-refractivity contribution in [3.63, 3.8) is 0 Å². The molecular formula is C22H34N4O4. The summed E-state index contributed by atoms with van der Waals surface area (Å²) in [6, 6.07) is 0. The molecule has 0 radical (unpaired) electrons. The van der Waals surface area contributed by atoms with E-state index in [0.717, 1.165) is 57.5 Å². The van der Waals surface area contributed by atoms with Gasteiger partial charge in [0, 0.05) is 26.2 Å². The highest BCUT2D eigenvalue weighted by atomic mass is 16.6. The second-order valence-corrected chi connectivity index (χ2v) is 9.05. The number of nitrogens with zero attached hydrogens (tertiary/aromatic N) is 4. The molecule has 0 aliphatic carbocycles. The molecule has 2 fully saturated rings. The van der Waals surface area contributed by atoms with Crippen LogP contribution in [-0.4, -0.2) is 60.3 Å². The van der Waals surface area contributed by atoms with Gasteiger partial charge in [0.25, 0.3) is 0 Å². The van der Waals surface area contributed by atoms with Gasteiger partial charge < -0.3 is 19.3 Å². The molecule has 0 bridgehead atoms. The summed E-state index contributed by atoms with van der Waals surface area (Å²) in [5.74, 6) is 0.444. The quantitative estimate of drug-likeness (QED) is 0.675. The Morgan fingerprint density at radius 2 is 1.43 bits per heavy atom. The highest BCUT2D eigenvalue weighted by molar-refractivity contribution is 5.73. The summed E-state index contributed by atoms with van der Waals surface area (Å²) >= 11 is 0. The third kappa shape index (κ3) is 5.83. The van der Waals surface area contributed by atoms with Gasteiger partial charge in [-0.3, -0.25) is 9.59 Å². The highest BCUT2D eigenvalue weighted by Gasteiger charge is 2.30. The van der Waals surface area contributed by atoms with Gasteiger partial charge in [-0.25, -0.2) is 9.97 Å². The van der Waals surface area contributed by atoms with Crippen molar-refractivity contribution in [2.45, 2.75) is 59.0 Å². The summed E-state index contributed by atoms with van der Waals surface area (Å²) in [4.78, 5) is 37.6. The average molecular weight is 419 g/mol. The molecule has 0 atom stereocenters. The molecule has 8 heteroatoms. The molecule has 2 aliphatic heterocycles. The molecule has 2 aliphatic rings. The first-order valence-corrected chi connectivity index (χ1v) is 11.0. The van der Waals surface area contributed by atoms with E-state index in [0.29, 0.717) is 12.6 Å². The van der Waals surface area contributed by atoms with Crippen LogP contribution < -0.4 is 9.80 Å². The molecule has 0 aromatic carbocycles. The fourth-order valence-electron chi connectivity index (χ4n) is 3.97. The minimum Gasteiger partial charge on any atom is -0.466 e. The molecule has 0 saturated carbocycles. The largest absolute Gasteiger partial charge is 0.466 e. The summed E-state index contributed by atoms with van der Waals surface area (Å²) in [6.07, 6.45) is 6.79. The fraction of sp³-hybridized carbons (Fsp3) is 0.727. The first-order valence-electron chi connectivity index (χ1n) is 11.0. The zero-order valence-corrected chi connectivity index (χ0v) is 18.6. The van der Waals surface area contributed by atoms with E-state index >= 15 is 0 Å². The van der Waals surface area contributed by atoms with E-state index in [2.05, 4.69) is 19.8 Å². The van der Waals surface area contributed by atoms with Crippen LogP contribution in [0.3, 0.4) is 0 Å². The Morgan fingerprint density at radius 1 is 0.933 bits per heavy atom. The standard InChI is InChI=1S/C22H34N4O4/c1-5-29-19(27)16-6-10-25(11-7-16)18-14-23-21(24-15-18)26-12-8-17(9-13-26)20(28)30-22(2,3)4/h14-17H,5-13H2,1-4H3. The van der Waals surface area contributed by atoms with Gasteiger partial charge in [0.1, 0.15) is 5.60 Å². The minimum absolute atomic E-state index is 0.00680. The Balaban J connectivity index is 1.49. The number of piperidine rings is 2. The number of carbonyl (C=O) groups excluding carboxylic acids is 2. The third-order valence-electron chi connectivity index (χ3n) is 5.62. The number of rotatable bonds is 5. The zero-order chi connectivity index (χ0) is 21.7. The van der Waals surface area contributed by atoms with Crippen molar-refractivity contribution in [3.8, 4) is 0 Å². The van der Waals surface area contributed by atoms with E-state index in [1.807, 2.05) is 40.1 Å². The fourth-order valence-corrected chi connectivity index (χ4v) is 3.97. The number of aromatic nitrogens is 2. The van der Waals surface area contributed by atoms with Crippen molar-refractivity contribution in [2.75, 3.05) is 42.6 Å². The van der Waals surface area contributed by atoms with Crippen LogP contribution in [-0.2, 0) is 19.1 Å². The summed E-state index contributed by atoms with van der Waals surface area (Å²) < 4.78 is 10.6. The van der Waals surface area contributed by atoms with Gasteiger partial charge in [0.05, 0.1) is 36.5 Å². The minimum atomic E-state index is -0.446. The van der Waals surface area contributed by atoms with Crippen molar-refractivity contribution < 1.29 is 19.1 Å². The van der Waals surface area contributed by atoms with Gasteiger partial charge in [0.2, 0.25) is 5.95 Å². The summed E-state index contributed by atoms with van der Waals surface area (Å²) in [5.41, 5.74) is 0.530. The molecule has 0 unspecified atom stereocenters. The van der Waals surface area contributed by atoms with Crippen molar-refractivity contribution >= 4 is 23.6 Å². The molecule has 166 valence electrons.